The van der Waals surface area contributed by atoms with Gasteiger partial charge in [-0.25, -0.2) is 4.79 Å². The molecule has 1 aliphatic rings. The van der Waals surface area contributed by atoms with Gasteiger partial charge in [0.2, 0.25) is 0 Å². The summed E-state index contributed by atoms with van der Waals surface area (Å²) in [6, 6.07) is 9.93. The molecule has 0 saturated heterocycles. The van der Waals surface area contributed by atoms with Gasteiger partial charge in [-0.1, -0.05) is 38.0 Å². The van der Waals surface area contributed by atoms with Gasteiger partial charge >= 0.3 is 5.97 Å². The van der Waals surface area contributed by atoms with Crippen LogP contribution in [-0.2, 0) is 11.2 Å². The van der Waals surface area contributed by atoms with E-state index in [4.69, 9.17) is 10.00 Å². The largest absolute Gasteiger partial charge is 0.459 e. The number of hydrogen-bond donors (Lipinski definition) is 0. The molecule has 2 rings (SSSR count). The van der Waals surface area contributed by atoms with Gasteiger partial charge < -0.3 is 4.74 Å². The number of allylic oxidation sites excluding steroid dienone is 2. The second-order valence-electron chi connectivity index (χ2n) is 7.31. The highest BCUT2D eigenvalue weighted by atomic mass is 16.5. The molecule has 0 radical (unpaired) electrons. The molecular weight excluding hydrogens is 322 g/mol. The maximum atomic E-state index is 12.3. The summed E-state index contributed by atoms with van der Waals surface area (Å²) in [4.78, 5) is 12.3. The molecule has 1 aliphatic carbocycles. The van der Waals surface area contributed by atoms with Crippen molar-refractivity contribution in [1.29, 1.82) is 5.26 Å². The summed E-state index contributed by atoms with van der Waals surface area (Å²) in [5.41, 5.74) is 1.95. The SMILES string of the molecule is CCCCCc1ccc(C(=O)OC2CCC(CCC=CC#N)CC2)cc1. The van der Waals surface area contributed by atoms with Gasteiger partial charge in [-0.2, -0.15) is 5.26 Å². The predicted octanol–water partition coefficient (Wildman–Crippen LogP) is 5.99. The molecule has 1 saturated carbocycles. The number of hydrogen-bond acceptors (Lipinski definition) is 3. The van der Waals surface area contributed by atoms with E-state index in [0.717, 1.165) is 44.9 Å². The number of aryl methyl sites for hydroxylation is 1. The fourth-order valence-corrected chi connectivity index (χ4v) is 3.61. The second kappa shape index (κ2) is 11.5. The molecule has 0 amide bonds. The Balaban J connectivity index is 1.71. The van der Waals surface area contributed by atoms with Crippen LogP contribution < -0.4 is 0 Å². The minimum atomic E-state index is -0.189. The van der Waals surface area contributed by atoms with Crippen LogP contribution in [0, 0.1) is 17.2 Å². The lowest BCUT2D eigenvalue weighted by Crippen LogP contribution is -2.24. The van der Waals surface area contributed by atoms with E-state index in [0.29, 0.717) is 11.5 Å². The van der Waals surface area contributed by atoms with Crippen LogP contribution in [0.1, 0.15) is 80.6 Å². The number of carbonyl (C=O) groups is 1. The van der Waals surface area contributed by atoms with Crippen LogP contribution in [0.4, 0.5) is 0 Å². The number of nitrogens with zero attached hydrogens (tertiary/aromatic N) is 1. The molecule has 0 spiro atoms. The first-order valence-corrected chi connectivity index (χ1v) is 10.1. The van der Waals surface area contributed by atoms with Crippen LogP contribution in [0.15, 0.2) is 36.4 Å². The second-order valence-corrected chi connectivity index (χ2v) is 7.31. The zero-order valence-electron chi connectivity index (χ0n) is 16.0. The Morgan fingerprint density at radius 3 is 2.58 bits per heavy atom. The summed E-state index contributed by atoms with van der Waals surface area (Å²) in [6.07, 6.45) is 14.5. The maximum absolute atomic E-state index is 12.3. The lowest BCUT2D eigenvalue weighted by Gasteiger charge is -2.28. The highest BCUT2D eigenvalue weighted by Crippen LogP contribution is 2.30. The molecule has 0 atom stereocenters. The van der Waals surface area contributed by atoms with Crippen molar-refractivity contribution < 1.29 is 9.53 Å². The van der Waals surface area contributed by atoms with Gasteiger partial charge in [0.1, 0.15) is 6.10 Å². The molecule has 3 heteroatoms. The molecule has 3 nitrogen and oxygen atoms in total. The van der Waals surface area contributed by atoms with Crippen molar-refractivity contribution >= 4 is 5.97 Å². The summed E-state index contributed by atoms with van der Waals surface area (Å²) in [5, 5.41) is 8.49. The lowest BCUT2D eigenvalue weighted by molar-refractivity contribution is 0.0162. The van der Waals surface area contributed by atoms with Crippen LogP contribution in [0.2, 0.25) is 0 Å². The predicted molar refractivity (Wildman–Crippen MR) is 105 cm³/mol. The zero-order valence-corrected chi connectivity index (χ0v) is 16.0. The number of carbonyl (C=O) groups excluding carboxylic acids is 1. The summed E-state index contributed by atoms with van der Waals surface area (Å²) < 4.78 is 5.71. The molecule has 26 heavy (non-hydrogen) atoms. The van der Waals surface area contributed by atoms with Crippen LogP contribution >= 0.6 is 0 Å². The molecule has 1 aromatic carbocycles. The lowest BCUT2D eigenvalue weighted by atomic mass is 9.84. The highest BCUT2D eigenvalue weighted by Gasteiger charge is 2.23. The van der Waals surface area contributed by atoms with Gasteiger partial charge in [0.05, 0.1) is 11.6 Å². The molecule has 140 valence electrons. The van der Waals surface area contributed by atoms with Crippen molar-refractivity contribution in [3.8, 4) is 6.07 Å². The van der Waals surface area contributed by atoms with E-state index in [1.165, 1.54) is 24.8 Å². The molecule has 1 aromatic rings. The van der Waals surface area contributed by atoms with E-state index >= 15 is 0 Å². The monoisotopic (exact) mass is 353 g/mol. The van der Waals surface area contributed by atoms with E-state index in [1.54, 1.807) is 6.08 Å². The van der Waals surface area contributed by atoms with Crippen molar-refractivity contribution in [3.63, 3.8) is 0 Å². The van der Waals surface area contributed by atoms with E-state index in [2.05, 4.69) is 19.1 Å². The van der Waals surface area contributed by atoms with Gasteiger partial charge in [-0.05, 0) is 75.0 Å². The fourth-order valence-electron chi connectivity index (χ4n) is 3.61. The molecule has 0 N–H and O–H groups in total. The summed E-state index contributed by atoms with van der Waals surface area (Å²) in [6.45, 7) is 2.21. The third-order valence-electron chi connectivity index (χ3n) is 5.26. The Morgan fingerprint density at radius 1 is 1.19 bits per heavy atom. The van der Waals surface area contributed by atoms with Gasteiger partial charge in [-0.15, -0.1) is 0 Å². The smallest absolute Gasteiger partial charge is 0.338 e. The van der Waals surface area contributed by atoms with Gasteiger partial charge in [0.25, 0.3) is 0 Å². The van der Waals surface area contributed by atoms with Crippen molar-refractivity contribution in [2.75, 3.05) is 0 Å². The molecule has 0 unspecified atom stereocenters. The normalized spacial score (nSPS) is 20.0. The average molecular weight is 354 g/mol. The van der Waals surface area contributed by atoms with Crippen molar-refractivity contribution in [1.82, 2.24) is 0 Å². The van der Waals surface area contributed by atoms with E-state index in [1.807, 2.05) is 24.3 Å². The Hall–Kier alpha value is -2.08. The van der Waals surface area contributed by atoms with Gasteiger partial charge in [0, 0.05) is 6.08 Å². The Kier molecular flexibility index (Phi) is 8.96. The van der Waals surface area contributed by atoms with E-state index < -0.39 is 0 Å². The fraction of sp³-hybridized carbons (Fsp3) is 0.565. The highest BCUT2D eigenvalue weighted by molar-refractivity contribution is 5.89. The number of ether oxygens (including phenoxy) is 1. The summed E-state index contributed by atoms with van der Waals surface area (Å²) >= 11 is 0. The van der Waals surface area contributed by atoms with E-state index in [-0.39, 0.29) is 12.1 Å². The zero-order chi connectivity index (χ0) is 18.6. The molecule has 0 aromatic heterocycles. The quantitative estimate of drug-likeness (QED) is 0.311. The first-order valence-electron chi connectivity index (χ1n) is 10.1. The average Bonchev–Trinajstić information content (AvgIpc) is 2.67. The van der Waals surface area contributed by atoms with Crippen molar-refractivity contribution in [3.05, 3.63) is 47.5 Å². The third kappa shape index (κ3) is 7.04. The van der Waals surface area contributed by atoms with Gasteiger partial charge in [-0.3, -0.25) is 0 Å². The van der Waals surface area contributed by atoms with Crippen LogP contribution in [0.25, 0.3) is 0 Å². The van der Waals surface area contributed by atoms with Crippen molar-refractivity contribution in [2.45, 2.75) is 77.2 Å². The summed E-state index contributed by atoms with van der Waals surface area (Å²) in [5.74, 6) is 0.501. The number of esters is 1. The minimum absolute atomic E-state index is 0.0534. The minimum Gasteiger partial charge on any atom is -0.459 e. The first kappa shape index (κ1) is 20.2. The number of rotatable bonds is 9. The number of unbranched alkanes of at least 4 members (excludes halogenated alkanes) is 2. The Bertz CT molecular complexity index is 604. The first-order chi connectivity index (χ1) is 12.7. The molecular formula is C23H31NO2. The van der Waals surface area contributed by atoms with Gasteiger partial charge in [0.15, 0.2) is 0 Å². The van der Waals surface area contributed by atoms with Crippen LogP contribution in [0.5, 0.6) is 0 Å². The standard InChI is InChI=1S/C23H31NO2/c1-2-3-5-8-19-10-14-21(15-11-19)23(25)26-22-16-12-20(13-17-22)9-6-4-7-18-24/h4,7,10-11,14-15,20,22H,2-3,5-6,8-9,12-13,16-17H2,1H3. The topological polar surface area (TPSA) is 50.1 Å². The van der Waals surface area contributed by atoms with Crippen LogP contribution in [0.3, 0.4) is 0 Å². The number of nitriles is 1. The molecule has 0 heterocycles. The Labute approximate surface area is 158 Å². The third-order valence-corrected chi connectivity index (χ3v) is 5.26. The maximum Gasteiger partial charge on any atom is 0.338 e. The molecule has 1 fully saturated rings. The van der Waals surface area contributed by atoms with Crippen LogP contribution in [-0.4, -0.2) is 12.1 Å². The molecule has 0 aliphatic heterocycles. The van der Waals surface area contributed by atoms with E-state index in [9.17, 15) is 4.79 Å². The summed E-state index contributed by atoms with van der Waals surface area (Å²) in [7, 11) is 0. The molecule has 0 bridgehead atoms. The Morgan fingerprint density at radius 2 is 1.92 bits per heavy atom. The van der Waals surface area contributed by atoms with Crippen molar-refractivity contribution in [2.24, 2.45) is 5.92 Å². The number of benzene rings is 1.